The number of ether oxygens (including phenoxy) is 5. The van der Waals surface area contributed by atoms with Gasteiger partial charge in [0.1, 0.15) is 0 Å². The maximum Gasteiger partial charge on any atom is 0.337 e. The maximum absolute atomic E-state index is 11.4. The molecule has 6 nitrogen and oxygen atoms in total. The van der Waals surface area contributed by atoms with E-state index in [1.807, 2.05) is 0 Å². The average molecular weight is 216 g/mol. The number of carbonyl (C=O) groups is 1. The molecule has 2 rings (SSSR count). The first kappa shape index (κ1) is 10.6. The number of hydrogen-bond acceptors (Lipinski definition) is 6. The fourth-order valence-corrected chi connectivity index (χ4v) is 1.07. The van der Waals surface area contributed by atoms with Gasteiger partial charge in [0, 0.05) is 12.0 Å². The topological polar surface area (TPSA) is 66.5 Å². The standard InChI is InChI=1S/C9H12O6/c1-6(2-7-3-12-7)8(10)15-9-13-4-11-5-14-9/h7,9H,1-5H2. The van der Waals surface area contributed by atoms with Crippen molar-refractivity contribution < 1.29 is 28.5 Å². The van der Waals surface area contributed by atoms with Gasteiger partial charge in [-0.15, -0.1) is 0 Å². The maximum atomic E-state index is 11.4. The first-order valence-corrected chi connectivity index (χ1v) is 4.57. The second kappa shape index (κ2) is 4.71. The van der Waals surface area contributed by atoms with Crippen LogP contribution in [0.15, 0.2) is 12.2 Å². The van der Waals surface area contributed by atoms with Gasteiger partial charge in [0.05, 0.1) is 12.7 Å². The Morgan fingerprint density at radius 2 is 2.00 bits per heavy atom. The molecule has 1 atom stereocenters. The van der Waals surface area contributed by atoms with Gasteiger partial charge in [-0.25, -0.2) is 4.79 Å². The number of esters is 1. The van der Waals surface area contributed by atoms with E-state index in [1.54, 1.807) is 0 Å². The van der Waals surface area contributed by atoms with Gasteiger partial charge in [-0.05, 0) is 0 Å². The number of epoxide rings is 1. The fourth-order valence-electron chi connectivity index (χ4n) is 1.07. The number of carbonyl (C=O) groups excluding carboxylic acids is 1. The van der Waals surface area contributed by atoms with E-state index in [-0.39, 0.29) is 19.7 Å². The molecule has 6 heteroatoms. The molecule has 84 valence electrons. The lowest BCUT2D eigenvalue weighted by molar-refractivity contribution is -0.369. The predicted molar refractivity (Wildman–Crippen MR) is 46.4 cm³/mol. The van der Waals surface area contributed by atoms with Crippen molar-refractivity contribution in [1.82, 2.24) is 0 Å². The lowest BCUT2D eigenvalue weighted by atomic mass is 10.2. The van der Waals surface area contributed by atoms with Crippen molar-refractivity contribution in [3.63, 3.8) is 0 Å². The zero-order valence-electron chi connectivity index (χ0n) is 8.14. The lowest BCUT2D eigenvalue weighted by Gasteiger charge is -2.22. The number of hydrogen-bond donors (Lipinski definition) is 0. The molecule has 2 aliphatic heterocycles. The molecule has 1 unspecified atom stereocenters. The molecule has 0 aromatic heterocycles. The number of rotatable bonds is 4. The van der Waals surface area contributed by atoms with Crippen molar-refractivity contribution in [1.29, 1.82) is 0 Å². The molecule has 0 amide bonds. The molecule has 2 aliphatic rings. The van der Waals surface area contributed by atoms with Crippen LogP contribution < -0.4 is 0 Å². The van der Waals surface area contributed by atoms with E-state index in [4.69, 9.17) is 23.7 Å². The van der Waals surface area contributed by atoms with Crippen LogP contribution in [0.2, 0.25) is 0 Å². The van der Waals surface area contributed by atoms with Gasteiger partial charge < -0.3 is 14.2 Å². The Morgan fingerprint density at radius 3 is 2.60 bits per heavy atom. The Morgan fingerprint density at radius 1 is 1.33 bits per heavy atom. The first-order chi connectivity index (χ1) is 7.25. The molecule has 0 bridgehead atoms. The van der Waals surface area contributed by atoms with E-state index in [0.29, 0.717) is 18.6 Å². The van der Waals surface area contributed by atoms with Gasteiger partial charge in [-0.1, -0.05) is 6.58 Å². The Kier molecular flexibility index (Phi) is 3.32. The Labute approximate surface area is 86.7 Å². The van der Waals surface area contributed by atoms with Crippen LogP contribution in [0.25, 0.3) is 0 Å². The van der Waals surface area contributed by atoms with Crippen LogP contribution in [-0.4, -0.2) is 38.7 Å². The highest BCUT2D eigenvalue weighted by molar-refractivity contribution is 5.87. The SMILES string of the molecule is C=C(CC1CO1)C(=O)OC1OCOCO1. The average Bonchev–Trinajstić information content (AvgIpc) is 3.03. The molecule has 0 N–H and O–H groups in total. The third kappa shape index (κ3) is 3.28. The monoisotopic (exact) mass is 216 g/mol. The van der Waals surface area contributed by atoms with E-state index in [0.717, 1.165) is 0 Å². The summed E-state index contributed by atoms with van der Waals surface area (Å²) in [6, 6.07) is 0. The molecule has 0 radical (unpaired) electrons. The Balaban J connectivity index is 1.71. The molecular formula is C9H12O6. The van der Waals surface area contributed by atoms with Crippen LogP contribution in [0.1, 0.15) is 6.42 Å². The van der Waals surface area contributed by atoms with Gasteiger partial charge in [0.2, 0.25) is 0 Å². The van der Waals surface area contributed by atoms with Gasteiger partial charge in [-0.2, -0.15) is 0 Å². The van der Waals surface area contributed by atoms with Crippen molar-refractivity contribution >= 4 is 5.97 Å². The molecule has 2 fully saturated rings. The third-order valence-electron chi connectivity index (χ3n) is 1.94. The Hall–Kier alpha value is -0.950. The molecule has 2 saturated heterocycles. The van der Waals surface area contributed by atoms with Crippen molar-refractivity contribution in [3.8, 4) is 0 Å². The summed E-state index contributed by atoms with van der Waals surface area (Å²) in [5, 5.41) is 0. The molecule has 0 aliphatic carbocycles. The summed E-state index contributed by atoms with van der Waals surface area (Å²) in [6.07, 6.45) is 0.601. The Bertz CT molecular complexity index is 253. The summed E-state index contributed by atoms with van der Waals surface area (Å²) in [5.41, 5.74) is 0.358. The van der Waals surface area contributed by atoms with Crippen molar-refractivity contribution in [2.75, 3.05) is 20.2 Å². The third-order valence-corrected chi connectivity index (χ3v) is 1.94. The second-order valence-electron chi connectivity index (χ2n) is 3.23. The van der Waals surface area contributed by atoms with Crippen LogP contribution in [-0.2, 0) is 28.5 Å². The minimum Gasteiger partial charge on any atom is -0.407 e. The van der Waals surface area contributed by atoms with E-state index in [1.165, 1.54) is 0 Å². The summed E-state index contributed by atoms with van der Waals surface area (Å²) in [7, 11) is 0. The van der Waals surface area contributed by atoms with Crippen LogP contribution in [0.5, 0.6) is 0 Å². The van der Waals surface area contributed by atoms with Crippen molar-refractivity contribution in [3.05, 3.63) is 12.2 Å². The molecule has 2 heterocycles. The highest BCUT2D eigenvalue weighted by Gasteiger charge is 2.27. The van der Waals surface area contributed by atoms with Crippen LogP contribution in [0.4, 0.5) is 0 Å². The van der Waals surface area contributed by atoms with Gasteiger partial charge in [0.25, 0.3) is 0 Å². The highest BCUT2D eigenvalue weighted by atomic mass is 16.9. The molecule has 15 heavy (non-hydrogen) atoms. The summed E-state index contributed by atoms with van der Waals surface area (Å²) in [6.45, 7) is 3.39. The minimum absolute atomic E-state index is 0.0517. The summed E-state index contributed by atoms with van der Waals surface area (Å²) in [4.78, 5) is 11.4. The highest BCUT2D eigenvalue weighted by Crippen LogP contribution is 2.19. The fraction of sp³-hybridized carbons (Fsp3) is 0.667. The second-order valence-corrected chi connectivity index (χ2v) is 3.23. The summed E-state index contributed by atoms with van der Waals surface area (Å²) < 4.78 is 24.3. The summed E-state index contributed by atoms with van der Waals surface area (Å²) >= 11 is 0. The van der Waals surface area contributed by atoms with E-state index in [2.05, 4.69) is 6.58 Å². The quantitative estimate of drug-likeness (QED) is 0.378. The molecule has 0 aromatic carbocycles. The normalized spacial score (nSPS) is 26.0. The molecular weight excluding hydrogens is 204 g/mol. The lowest BCUT2D eigenvalue weighted by Crippen LogP contribution is -2.31. The van der Waals surface area contributed by atoms with Gasteiger partial charge in [0.15, 0.2) is 13.6 Å². The van der Waals surface area contributed by atoms with Crippen LogP contribution in [0, 0.1) is 0 Å². The van der Waals surface area contributed by atoms with Crippen LogP contribution in [0.3, 0.4) is 0 Å². The zero-order chi connectivity index (χ0) is 10.7. The van der Waals surface area contributed by atoms with E-state index < -0.39 is 12.4 Å². The van der Waals surface area contributed by atoms with Crippen LogP contribution >= 0.6 is 0 Å². The first-order valence-electron chi connectivity index (χ1n) is 4.57. The molecule has 0 spiro atoms. The molecule has 0 aromatic rings. The van der Waals surface area contributed by atoms with Crippen molar-refractivity contribution in [2.24, 2.45) is 0 Å². The van der Waals surface area contributed by atoms with E-state index >= 15 is 0 Å². The van der Waals surface area contributed by atoms with Crippen molar-refractivity contribution in [2.45, 2.75) is 19.0 Å². The van der Waals surface area contributed by atoms with E-state index in [9.17, 15) is 4.79 Å². The van der Waals surface area contributed by atoms with Gasteiger partial charge in [-0.3, -0.25) is 9.47 Å². The largest absolute Gasteiger partial charge is 0.407 e. The molecule has 0 saturated carbocycles. The smallest absolute Gasteiger partial charge is 0.337 e. The predicted octanol–water partition coefficient (Wildman–Crippen LogP) is 0.137. The minimum atomic E-state index is -0.997. The van der Waals surface area contributed by atoms with Gasteiger partial charge >= 0.3 is 12.4 Å². The zero-order valence-corrected chi connectivity index (χ0v) is 8.14. The summed E-state index contributed by atoms with van der Waals surface area (Å²) in [5.74, 6) is -0.530.